The second-order valence-electron chi connectivity index (χ2n) is 4.27. The molecule has 1 N–H and O–H groups in total. The van der Waals surface area contributed by atoms with E-state index >= 15 is 0 Å². The minimum absolute atomic E-state index is 0.143. The fourth-order valence-electron chi connectivity index (χ4n) is 1.92. The van der Waals surface area contributed by atoms with Crippen molar-refractivity contribution in [1.29, 1.82) is 0 Å². The molecule has 0 spiro atoms. The summed E-state index contributed by atoms with van der Waals surface area (Å²) in [7, 11) is 0. The molecule has 1 aliphatic rings. The summed E-state index contributed by atoms with van der Waals surface area (Å²) in [6, 6.07) is 17.0. The van der Waals surface area contributed by atoms with Gasteiger partial charge in [0.2, 0.25) is 0 Å². The number of benzene rings is 2. The van der Waals surface area contributed by atoms with Crippen LogP contribution in [0.25, 0.3) is 0 Å². The molecular formula is C15H11ClN2OS. The van der Waals surface area contributed by atoms with Crippen LogP contribution in [0.2, 0.25) is 5.02 Å². The molecular weight excluding hydrogens is 292 g/mol. The van der Waals surface area contributed by atoms with E-state index in [0.29, 0.717) is 10.2 Å². The number of nitrogens with one attached hydrogen (secondary N) is 1. The van der Waals surface area contributed by atoms with Crippen LogP contribution in [0.5, 0.6) is 0 Å². The highest BCUT2D eigenvalue weighted by Crippen LogP contribution is 2.37. The summed E-state index contributed by atoms with van der Waals surface area (Å²) in [5, 5.41) is 4.01. The maximum Gasteiger partial charge on any atom is 0.266 e. The molecule has 1 aliphatic heterocycles. The molecule has 0 unspecified atom stereocenters. The van der Waals surface area contributed by atoms with Crippen LogP contribution in [-0.2, 0) is 4.79 Å². The quantitative estimate of drug-likeness (QED) is 0.907. The predicted octanol–water partition coefficient (Wildman–Crippen LogP) is 4.12. The average Bonchev–Trinajstić information content (AvgIpc) is 2.83. The summed E-state index contributed by atoms with van der Waals surface area (Å²) < 4.78 is 0. The maximum absolute atomic E-state index is 12.0. The molecule has 0 bridgehead atoms. The summed E-state index contributed by atoms with van der Waals surface area (Å²) in [5.74, 6) is -0.143. The number of amidine groups is 1. The molecule has 0 saturated carbocycles. The van der Waals surface area contributed by atoms with Gasteiger partial charge in [-0.05, 0) is 17.7 Å². The molecule has 0 saturated heterocycles. The number of nitrogens with zero attached hydrogens (tertiary/aromatic N) is 1. The SMILES string of the molecule is O=C1N=C(Nc2ccccc2Cl)S[C@@H]1c1ccccc1. The number of hydrogen-bond donors (Lipinski definition) is 1. The Balaban J connectivity index is 1.77. The molecule has 2 aromatic carbocycles. The number of para-hydroxylation sites is 1. The van der Waals surface area contributed by atoms with Crippen LogP contribution in [0.3, 0.4) is 0 Å². The Kier molecular flexibility index (Phi) is 3.76. The summed E-state index contributed by atoms with van der Waals surface area (Å²) in [5.41, 5.74) is 1.71. The number of aliphatic imine (C=N–C) groups is 1. The van der Waals surface area contributed by atoms with E-state index in [1.165, 1.54) is 11.8 Å². The highest BCUT2D eigenvalue weighted by atomic mass is 35.5. The Morgan fingerprint density at radius 1 is 1.05 bits per heavy atom. The lowest BCUT2D eigenvalue weighted by Gasteiger charge is -2.09. The van der Waals surface area contributed by atoms with E-state index in [9.17, 15) is 4.79 Å². The number of halogens is 1. The third-order valence-electron chi connectivity index (χ3n) is 2.88. The van der Waals surface area contributed by atoms with Gasteiger partial charge in [-0.3, -0.25) is 4.79 Å². The normalized spacial score (nSPS) is 17.9. The Morgan fingerprint density at radius 3 is 2.50 bits per heavy atom. The van der Waals surface area contributed by atoms with E-state index in [0.717, 1.165) is 11.3 Å². The van der Waals surface area contributed by atoms with Gasteiger partial charge in [-0.2, -0.15) is 4.99 Å². The molecule has 0 radical (unpaired) electrons. The lowest BCUT2D eigenvalue weighted by Crippen LogP contribution is -2.05. The Bertz CT molecular complexity index is 673. The predicted molar refractivity (Wildman–Crippen MR) is 84.3 cm³/mol. The van der Waals surface area contributed by atoms with Gasteiger partial charge in [-0.25, -0.2) is 0 Å². The van der Waals surface area contributed by atoms with Crippen molar-refractivity contribution in [2.24, 2.45) is 4.99 Å². The zero-order valence-corrected chi connectivity index (χ0v) is 12.0. The van der Waals surface area contributed by atoms with Crippen LogP contribution < -0.4 is 5.32 Å². The number of anilines is 1. The number of hydrogen-bond acceptors (Lipinski definition) is 3. The maximum atomic E-state index is 12.0. The van der Waals surface area contributed by atoms with E-state index in [1.807, 2.05) is 48.5 Å². The van der Waals surface area contributed by atoms with E-state index < -0.39 is 0 Å². The monoisotopic (exact) mass is 302 g/mol. The number of rotatable bonds is 2. The Labute approximate surface area is 126 Å². The van der Waals surface area contributed by atoms with Gasteiger partial charge in [-0.15, -0.1) is 0 Å². The van der Waals surface area contributed by atoms with Crippen LogP contribution in [0, 0.1) is 0 Å². The highest BCUT2D eigenvalue weighted by molar-refractivity contribution is 8.15. The number of carbonyl (C=O) groups is 1. The minimum atomic E-state index is -0.277. The number of amides is 1. The second-order valence-corrected chi connectivity index (χ2v) is 5.77. The van der Waals surface area contributed by atoms with Crippen molar-refractivity contribution >= 4 is 40.1 Å². The molecule has 2 aromatic rings. The van der Waals surface area contributed by atoms with Gasteiger partial charge >= 0.3 is 0 Å². The first kappa shape index (κ1) is 13.2. The fraction of sp³-hybridized carbons (Fsp3) is 0.0667. The molecule has 20 heavy (non-hydrogen) atoms. The van der Waals surface area contributed by atoms with Crippen LogP contribution in [0.4, 0.5) is 5.69 Å². The van der Waals surface area contributed by atoms with Crippen LogP contribution in [-0.4, -0.2) is 11.1 Å². The molecule has 0 aromatic heterocycles. The smallest absolute Gasteiger partial charge is 0.266 e. The lowest BCUT2D eigenvalue weighted by molar-refractivity contribution is -0.117. The first-order chi connectivity index (χ1) is 9.74. The second kappa shape index (κ2) is 5.69. The lowest BCUT2D eigenvalue weighted by atomic mass is 10.1. The van der Waals surface area contributed by atoms with Crippen molar-refractivity contribution in [3.05, 3.63) is 65.2 Å². The van der Waals surface area contributed by atoms with E-state index in [4.69, 9.17) is 11.6 Å². The molecule has 3 rings (SSSR count). The van der Waals surface area contributed by atoms with Crippen molar-refractivity contribution in [3.8, 4) is 0 Å². The topological polar surface area (TPSA) is 41.5 Å². The molecule has 0 aliphatic carbocycles. The molecule has 1 atom stereocenters. The number of thioether (sulfide) groups is 1. The summed E-state index contributed by atoms with van der Waals surface area (Å²) in [6.45, 7) is 0. The van der Waals surface area contributed by atoms with E-state index in [1.54, 1.807) is 6.07 Å². The third-order valence-corrected chi connectivity index (χ3v) is 4.34. The molecule has 100 valence electrons. The zero-order chi connectivity index (χ0) is 13.9. The highest BCUT2D eigenvalue weighted by Gasteiger charge is 2.29. The van der Waals surface area contributed by atoms with Gasteiger partial charge < -0.3 is 5.32 Å². The summed E-state index contributed by atoms with van der Waals surface area (Å²) in [6.07, 6.45) is 0. The molecule has 5 heteroatoms. The molecule has 1 amide bonds. The van der Waals surface area contributed by atoms with Crippen molar-refractivity contribution in [2.75, 3.05) is 5.32 Å². The van der Waals surface area contributed by atoms with E-state index in [-0.39, 0.29) is 11.2 Å². The van der Waals surface area contributed by atoms with Crippen molar-refractivity contribution in [2.45, 2.75) is 5.25 Å². The fourth-order valence-corrected chi connectivity index (χ4v) is 3.09. The van der Waals surface area contributed by atoms with Crippen LogP contribution in [0.1, 0.15) is 10.8 Å². The van der Waals surface area contributed by atoms with Gasteiger partial charge in [0.25, 0.3) is 5.91 Å². The van der Waals surface area contributed by atoms with Gasteiger partial charge in [0, 0.05) is 0 Å². The van der Waals surface area contributed by atoms with Gasteiger partial charge in [0.15, 0.2) is 5.17 Å². The Hall–Kier alpha value is -1.78. The zero-order valence-electron chi connectivity index (χ0n) is 10.4. The Morgan fingerprint density at radius 2 is 1.75 bits per heavy atom. The first-order valence-electron chi connectivity index (χ1n) is 6.10. The van der Waals surface area contributed by atoms with Crippen molar-refractivity contribution in [1.82, 2.24) is 0 Å². The van der Waals surface area contributed by atoms with Crippen LogP contribution >= 0.6 is 23.4 Å². The van der Waals surface area contributed by atoms with Crippen molar-refractivity contribution < 1.29 is 4.79 Å². The molecule has 1 heterocycles. The summed E-state index contributed by atoms with van der Waals surface area (Å²) >= 11 is 7.49. The minimum Gasteiger partial charge on any atom is -0.333 e. The standard InChI is InChI=1S/C15H11ClN2OS/c16-11-8-4-5-9-12(11)17-15-18-14(19)13(20-15)10-6-2-1-3-7-10/h1-9,13H,(H,17,18,19)/t13-/m1/s1. The third kappa shape index (κ3) is 2.71. The largest absolute Gasteiger partial charge is 0.333 e. The molecule has 3 nitrogen and oxygen atoms in total. The van der Waals surface area contributed by atoms with Gasteiger partial charge in [0.1, 0.15) is 5.25 Å². The van der Waals surface area contributed by atoms with Gasteiger partial charge in [-0.1, -0.05) is 65.8 Å². The number of carbonyl (C=O) groups excluding carboxylic acids is 1. The summed E-state index contributed by atoms with van der Waals surface area (Å²) in [4.78, 5) is 16.0. The van der Waals surface area contributed by atoms with Crippen LogP contribution in [0.15, 0.2) is 59.6 Å². The average molecular weight is 303 g/mol. The van der Waals surface area contributed by atoms with Crippen molar-refractivity contribution in [3.63, 3.8) is 0 Å². The first-order valence-corrected chi connectivity index (χ1v) is 7.35. The van der Waals surface area contributed by atoms with Gasteiger partial charge in [0.05, 0.1) is 10.7 Å². The van der Waals surface area contributed by atoms with E-state index in [2.05, 4.69) is 10.3 Å². The molecule has 0 fully saturated rings.